The van der Waals surface area contributed by atoms with Gasteiger partial charge in [-0.3, -0.25) is 14.6 Å². The Morgan fingerprint density at radius 3 is 2.92 bits per heavy atom. The standard InChI is InChI=1S/C17H17F2N3O3/c1-17(6-8-20-13(23)9-17)15(24)22-11-4-5-12(25-16(18)19)14-10(11)3-2-7-21-14/h2-5,7,16H,6,8-9H2,1H3,(H,20,23)(H,22,24). The molecular weight excluding hydrogens is 332 g/mol. The summed E-state index contributed by atoms with van der Waals surface area (Å²) in [4.78, 5) is 28.4. The van der Waals surface area contributed by atoms with Crippen molar-refractivity contribution >= 4 is 28.4 Å². The quantitative estimate of drug-likeness (QED) is 0.889. The number of carbonyl (C=O) groups excluding carboxylic acids is 2. The van der Waals surface area contributed by atoms with E-state index in [-0.39, 0.29) is 29.5 Å². The number of hydrogen-bond donors (Lipinski definition) is 2. The van der Waals surface area contributed by atoms with Gasteiger partial charge in [0, 0.05) is 24.5 Å². The van der Waals surface area contributed by atoms with Gasteiger partial charge in [0.2, 0.25) is 11.8 Å². The molecule has 1 atom stereocenters. The molecule has 132 valence electrons. The lowest BCUT2D eigenvalue weighted by Gasteiger charge is -2.31. The van der Waals surface area contributed by atoms with Crippen LogP contribution in [0.2, 0.25) is 0 Å². The number of benzene rings is 1. The molecule has 1 unspecified atom stereocenters. The molecule has 2 amide bonds. The number of rotatable bonds is 4. The van der Waals surface area contributed by atoms with E-state index in [9.17, 15) is 18.4 Å². The van der Waals surface area contributed by atoms with Crippen molar-refractivity contribution in [3.8, 4) is 5.75 Å². The van der Waals surface area contributed by atoms with E-state index in [2.05, 4.69) is 20.4 Å². The Labute approximate surface area is 142 Å². The summed E-state index contributed by atoms with van der Waals surface area (Å²) >= 11 is 0. The molecule has 1 saturated heterocycles. The van der Waals surface area contributed by atoms with Crippen molar-refractivity contribution in [1.82, 2.24) is 10.3 Å². The number of alkyl halides is 2. The predicted octanol–water partition coefficient (Wildman–Crippen LogP) is 2.69. The number of ether oxygens (including phenoxy) is 1. The van der Waals surface area contributed by atoms with Gasteiger partial charge in [0.15, 0.2) is 5.75 Å². The van der Waals surface area contributed by atoms with Gasteiger partial charge < -0.3 is 15.4 Å². The average Bonchev–Trinajstić information content (AvgIpc) is 2.56. The van der Waals surface area contributed by atoms with Crippen molar-refractivity contribution in [3.05, 3.63) is 30.5 Å². The van der Waals surface area contributed by atoms with Crippen molar-refractivity contribution in [1.29, 1.82) is 0 Å². The molecule has 2 heterocycles. The van der Waals surface area contributed by atoms with E-state index >= 15 is 0 Å². The van der Waals surface area contributed by atoms with Gasteiger partial charge in [0.1, 0.15) is 5.52 Å². The topological polar surface area (TPSA) is 80.3 Å². The fourth-order valence-electron chi connectivity index (χ4n) is 2.90. The van der Waals surface area contributed by atoms with Gasteiger partial charge in [-0.1, -0.05) is 6.92 Å². The summed E-state index contributed by atoms with van der Waals surface area (Å²) < 4.78 is 29.5. The highest BCUT2D eigenvalue weighted by molar-refractivity contribution is 6.05. The van der Waals surface area contributed by atoms with Crippen LogP contribution in [-0.4, -0.2) is 30.0 Å². The number of carbonyl (C=O) groups is 2. The molecule has 25 heavy (non-hydrogen) atoms. The third kappa shape index (κ3) is 3.52. The summed E-state index contributed by atoms with van der Waals surface area (Å²) in [5.74, 6) is -0.530. The molecule has 3 rings (SSSR count). The Balaban J connectivity index is 1.91. The van der Waals surface area contributed by atoms with Gasteiger partial charge in [-0.15, -0.1) is 0 Å². The van der Waals surface area contributed by atoms with Crippen molar-refractivity contribution in [2.24, 2.45) is 5.41 Å². The van der Waals surface area contributed by atoms with E-state index in [0.29, 0.717) is 24.0 Å². The summed E-state index contributed by atoms with van der Waals surface area (Å²) in [5, 5.41) is 5.97. The molecule has 0 bridgehead atoms. The smallest absolute Gasteiger partial charge is 0.387 e. The van der Waals surface area contributed by atoms with E-state index in [0.717, 1.165) is 0 Å². The first-order chi connectivity index (χ1) is 11.9. The molecule has 1 aliphatic heterocycles. The second kappa shape index (κ2) is 6.62. The number of nitrogens with one attached hydrogen (secondary N) is 2. The summed E-state index contributed by atoms with van der Waals surface area (Å²) in [5.41, 5.74) is -0.163. The molecule has 2 aromatic rings. The first-order valence-electron chi connectivity index (χ1n) is 7.80. The monoisotopic (exact) mass is 349 g/mol. The number of aromatic nitrogens is 1. The Morgan fingerprint density at radius 2 is 2.20 bits per heavy atom. The highest BCUT2D eigenvalue weighted by Gasteiger charge is 2.38. The fraction of sp³-hybridized carbons (Fsp3) is 0.353. The van der Waals surface area contributed by atoms with E-state index < -0.39 is 12.0 Å². The molecule has 8 heteroatoms. The highest BCUT2D eigenvalue weighted by atomic mass is 19.3. The molecule has 1 aliphatic rings. The molecule has 1 aromatic carbocycles. The van der Waals surface area contributed by atoms with Crippen LogP contribution in [0.15, 0.2) is 30.5 Å². The van der Waals surface area contributed by atoms with Crippen LogP contribution in [0, 0.1) is 5.41 Å². The third-order valence-corrected chi connectivity index (χ3v) is 4.29. The van der Waals surface area contributed by atoms with Gasteiger partial charge in [-0.25, -0.2) is 0 Å². The maximum absolute atomic E-state index is 12.7. The summed E-state index contributed by atoms with van der Waals surface area (Å²) in [6, 6.07) is 6.13. The minimum absolute atomic E-state index is 0.0631. The number of hydrogen-bond acceptors (Lipinski definition) is 4. The number of pyridine rings is 1. The zero-order chi connectivity index (χ0) is 18.0. The van der Waals surface area contributed by atoms with Gasteiger partial charge in [0.25, 0.3) is 0 Å². The zero-order valence-corrected chi connectivity index (χ0v) is 13.5. The second-order valence-electron chi connectivity index (χ2n) is 6.18. The van der Waals surface area contributed by atoms with Crippen LogP contribution in [0.3, 0.4) is 0 Å². The Kier molecular flexibility index (Phi) is 4.52. The van der Waals surface area contributed by atoms with Gasteiger partial charge in [0.05, 0.1) is 11.1 Å². The van der Waals surface area contributed by atoms with Crippen LogP contribution in [0.1, 0.15) is 19.8 Å². The van der Waals surface area contributed by atoms with Crippen LogP contribution in [0.25, 0.3) is 10.9 Å². The number of fused-ring (bicyclic) bond motifs is 1. The number of halogens is 2. The lowest BCUT2D eigenvalue weighted by Crippen LogP contribution is -2.45. The molecule has 0 radical (unpaired) electrons. The second-order valence-corrected chi connectivity index (χ2v) is 6.18. The third-order valence-electron chi connectivity index (χ3n) is 4.29. The Hall–Kier alpha value is -2.77. The molecule has 1 fully saturated rings. The molecule has 0 saturated carbocycles. The van der Waals surface area contributed by atoms with E-state index in [4.69, 9.17) is 0 Å². The summed E-state index contributed by atoms with van der Waals surface area (Å²) in [7, 11) is 0. The molecule has 2 N–H and O–H groups in total. The van der Waals surface area contributed by atoms with E-state index in [1.54, 1.807) is 19.1 Å². The first kappa shape index (κ1) is 17.1. The SMILES string of the molecule is CC1(C(=O)Nc2ccc(OC(F)F)c3ncccc23)CCNC(=O)C1. The molecule has 0 aliphatic carbocycles. The maximum Gasteiger partial charge on any atom is 0.387 e. The summed E-state index contributed by atoms with van der Waals surface area (Å²) in [6.45, 7) is -0.799. The molecular formula is C17H17F2N3O3. The summed E-state index contributed by atoms with van der Waals surface area (Å²) in [6.07, 6.45) is 2.08. The zero-order valence-electron chi connectivity index (χ0n) is 13.5. The highest BCUT2D eigenvalue weighted by Crippen LogP contribution is 2.34. The minimum atomic E-state index is -2.97. The van der Waals surface area contributed by atoms with E-state index in [1.807, 2.05) is 0 Å². The largest absolute Gasteiger partial charge is 0.432 e. The minimum Gasteiger partial charge on any atom is -0.432 e. The average molecular weight is 349 g/mol. The van der Waals surface area contributed by atoms with Crippen LogP contribution < -0.4 is 15.4 Å². The predicted molar refractivity (Wildman–Crippen MR) is 87.4 cm³/mol. The number of piperidine rings is 1. The van der Waals surface area contributed by atoms with Crippen molar-refractivity contribution < 1.29 is 23.1 Å². The Morgan fingerprint density at radius 1 is 1.40 bits per heavy atom. The molecule has 6 nitrogen and oxygen atoms in total. The van der Waals surface area contributed by atoms with Gasteiger partial charge in [-0.2, -0.15) is 8.78 Å². The maximum atomic E-state index is 12.7. The van der Waals surface area contributed by atoms with Crippen LogP contribution in [-0.2, 0) is 9.59 Å². The molecule has 1 aromatic heterocycles. The fourth-order valence-corrected chi connectivity index (χ4v) is 2.90. The van der Waals surface area contributed by atoms with Crippen molar-refractivity contribution in [2.75, 3.05) is 11.9 Å². The lowest BCUT2D eigenvalue weighted by atomic mass is 9.79. The first-order valence-corrected chi connectivity index (χ1v) is 7.80. The number of anilines is 1. The van der Waals surface area contributed by atoms with Crippen LogP contribution in [0.5, 0.6) is 5.75 Å². The molecule has 0 spiro atoms. The number of nitrogens with zero attached hydrogens (tertiary/aromatic N) is 1. The lowest BCUT2D eigenvalue weighted by molar-refractivity contribution is -0.134. The van der Waals surface area contributed by atoms with Gasteiger partial charge >= 0.3 is 6.61 Å². The normalized spacial score (nSPS) is 20.4. The van der Waals surface area contributed by atoms with Crippen molar-refractivity contribution in [3.63, 3.8) is 0 Å². The van der Waals surface area contributed by atoms with Crippen LogP contribution >= 0.6 is 0 Å². The van der Waals surface area contributed by atoms with Gasteiger partial charge in [-0.05, 0) is 30.7 Å². The van der Waals surface area contributed by atoms with Crippen LogP contribution in [0.4, 0.5) is 14.5 Å². The number of amides is 2. The Bertz CT molecular complexity index is 828. The van der Waals surface area contributed by atoms with E-state index in [1.165, 1.54) is 18.3 Å². The van der Waals surface area contributed by atoms with Crippen molar-refractivity contribution in [2.45, 2.75) is 26.4 Å².